The van der Waals surface area contributed by atoms with Crippen LogP contribution in [0.3, 0.4) is 0 Å². The molecule has 1 amide bonds. The Balaban J connectivity index is 0. The maximum atomic E-state index is 9.40. The zero-order valence-electron chi connectivity index (χ0n) is 3.89. The first-order valence-corrected chi connectivity index (χ1v) is 1.79. The molecule has 0 bridgehead atoms. The van der Waals surface area contributed by atoms with Gasteiger partial charge >= 0.3 is 0 Å². The van der Waals surface area contributed by atoms with E-state index in [1.54, 1.807) is 0 Å². The average molecular weight is 125 g/mol. The molecule has 7 heavy (non-hydrogen) atoms. The van der Waals surface area contributed by atoms with Crippen molar-refractivity contribution in [2.24, 2.45) is 5.73 Å². The highest BCUT2D eigenvalue weighted by molar-refractivity contribution is 5.85. The third kappa shape index (κ3) is 10.7. The van der Waals surface area contributed by atoms with E-state index in [-0.39, 0.29) is 12.4 Å². The van der Waals surface area contributed by atoms with Crippen LogP contribution in [0.15, 0.2) is 0 Å². The van der Waals surface area contributed by atoms with Gasteiger partial charge in [0.15, 0.2) is 0 Å². The SMILES string of the molecule is Cl.NCCNC=O. The summed E-state index contributed by atoms with van der Waals surface area (Å²) in [5, 5.41) is 2.39. The molecular formula is C3H9ClN2O. The Morgan fingerprint density at radius 2 is 2.29 bits per heavy atom. The lowest BCUT2D eigenvalue weighted by atomic mass is 10.7. The molecule has 0 fully saturated rings. The molecule has 0 heterocycles. The lowest BCUT2D eigenvalue weighted by Gasteiger charge is -1.86. The summed E-state index contributed by atoms with van der Waals surface area (Å²) in [5.41, 5.74) is 4.99. The van der Waals surface area contributed by atoms with Crippen LogP contribution in [-0.4, -0.2) is 19.5 Å². The normalized spacial score (nSPS) is 6.43. The summed E-state index contributed by atoms with van der Waals surface area (Å²) in [6.45, 7) is 1.09. The fourth-order valence-corrected chi connectivity index (χ4v) is 0.142. The third-order valence-corrected chi connectivity index (χ3v) is 0.372. The minimum atomic E-state index is 0. The van der Waals surface area contributed by atoms with Gasteiger partial charge in [-0.3, -0.25) is 4.79 Å². The van der Waals surface area contributed by atoms with Crippen molar-refractivity contribution < 1.29 is 4.79 Å². The summed E-state index contributed by atoms with van der Waals surface area (Å²) < 4.78 is 0. The lowest BCUT2D eigenvalue weighted by Crippen LogP contribution is -2.20. The monoisotopic (exact) mass is 124 g/mol. The van der Waals surface area contributed by atoms with Crippen molar-refractivity contribution >= 4 is 18.8 Å². The Bertz CT molecular complexity index is 41.9. The summed E-state index contributed by atoms with van der Waals surface area (Å²) in [5.74, 6) is 0. The summed E-state index contributed by atoms with van der Waals surface area (Å²) in [6, 6.07) is 0. The maximum absolute atomic E-state index is 9.40. The molecule has 0 unspecified atom stereocenters. The van der Waals surface area contributed by atoms with Crippen molar-refractivity contribution in [1.29, 1.82) is 0 Å². The average Bonchev–Trinajstić information content (AvgIpc) is 1.61. The van der Waals surface area contributed by atoms with Crippen molar-refractivity contribution in [2.75, 3.05) is 13.1 Å². The first-order valence-electron chi connectivity index (χ1n) is 1.79. The van der Waals surface area contributed by atoms with Crippen LogP contribution >= 0.6 is 12.4 Å². The first kappa shape index (κ1) is 9.87. The third-order valence-electron chi connectivity index (χ3n) is 0.372. The van der Waals surface area contributed by atoms with E-state index in [2.05, 4.69) is 5.32 Å². The van der Waals surface area contributed by atoms with Gasteiger partial charge in [-0.05, 0) is 0 Å². The van der Waals surface area contributed by atoms with E-state index in [1.165, 1.54) is 0 Å². The zero-order valence-corrected chi connectivity index (χ0v) is 4.70. The molecular weight excluding hydrogens is 115 g/mol. The predicted octanol–water partition coefficient (Wildman–Crippen LogP) is -0.887. The van der Waals surface area contributed by atoms with E-state index in [0.29, 0.717) is 19.5 Å². The zero-order chi connectivity index (χ0) is 4.83. The lowest BCUT2D eigenvalue weighted by molar-refractivity contribution is -0.109. The molecule has 3 nitrogen and oxygen atoms in total. The van der Waals surface area contributed by atoms with Gasteiger partial charge in [-0.1, -0.05) is 0 Å². The van der Waals surface area contributed by atoms with Gasteiger partial charge in [-0.2, -0.15) is 0 Å². The summed E-state index contributed by atoms with van der Waals surface area (Å²) in [4.78, 5) is 9.40. The fraction of sp³-hybridized carbons (Fsp3) is 0.667. The van der Waals surface area contributed by atoms with Crippen LogP contribution in [0.2, 0.25) is 0 Å². The molecule has 0 spiro atoms. The number of rotatable bonds is 3. The van der Waals surface area contributed by atoms with Gasteiger partial charge in [0, 0.05) is 13.1 Å². The largest absolute Gasteiger partial charge is 0.357 e. The van der Waals surface area contributed by atoms with Crippen LogP contribution in [-0.2, 0) is 4.79 Å². The minimum absolute atomic E-state index is 0. The summed E-state index contributed by atoms with van der Waals surface area (Å²) >= 11 is 0. The van der Waals surface area contributed by atoms with Gasteiger partial charge < -0.3 is 11.1 Å². The Morgan fingerprint density at radius 1 is 1.71 bits per heavy atom. The Kier molecular flexibility index (Phi) is 13.0. The van der Waals surface area contributed by atoms with Crippen LogP contribution in [0.4, 0.5) is 0 Å². The molecule has 0 radical (unpaired) electrons. The van der Waals surface area contributed by atoms with Crippen molar-refractivity contribution in [3.63, 3.8) is 0 Å². The number of carbonyl (C=O) groups is 1. The molecule has 0 aromatic rings. The quantitative estimate of drug-likeness (QED) is 0.379. The molecule has 0 aliphatic rings. The number of halogens is 1. The second-order valence-corrected chi connectivity index (χ2v) is 0.861. The second-order valence-electron chi connectivity index (χ2n) is 0.861. The predicted molar refractivity (Wildman–Crippen MR) is 30.4 cm³/mol. The fourth-order valence-electron chi connectivity index (χ4n) is 0.142. The smallest absolute Gasteiger partial charge is 0.207 e. The molecule has 0 rings (SSSR count). The van der Waals surface area contributed by atoms with Gasteiger partial charge in [0.25, 0.3) is 0 Å². The van der Waals surface area contributed by atoms with E-state index >= 15 is 0 Å². The molecule has 0 aromatic heterocycles. The van der Waals surface area contributed by atoms with Crippen LogP contribution in [0.25, 0.3) is 0 Å². The molecule has 0 saturated heterocycles. The highest BCUT2D eigenvalue weighted by atomic mass is 35.5. The molecule has 3 N–H and O–H groups in total. The van der Waals surface area contributed by atoms with Crippen molar-refractivity contribution in [3.8, 4) is 0 Å². The summed E-state index contributed by atoms with van der Waals surface area (Å²) in [7, 11) is 0. The molecule has 0 aromatic carbocycles. The Hall–Kier alpha value is -0.280. The van der Waals surface area contributed by atoms with E-state index in [9.17, 15) is 4.79 Å². The molecule has 0 atom stereocenters. The number of hydrogen-bond donors (Lipinski definition) is 2. The van der Waals surface area contributed by atoms with Crippen LogP contribution in [0, 0.1) is 0 Å². The molecule has 0 aliphatic carbocycles. The second kappa shape index (κ2) is 9.21. The molecule has 44 valence electrons. The standard InChI is InChI=1S/C3H8N2O.ClH/c4-1-2-5-3-6;/h3H,1-2,4H2,(H,5,6);1H. The van der Waals surface area contributed by atoms with Crippen LogP contribution in [0.5, 0.6) is 0 Å². The van der Waals surface area contributed by atoms with Gasteiger partial charge in [0.05, 0.1) is 0 Å². The molecule has 0 saturated carbocycles. The van der Waals surface area contributed by atoms with Gasteiger partial charge in [0.1, 0.15) is 0 Å². The number of carbonyl (C=O) groups excluding carboxylic acids is 1. The Morgan fingerprint density at radius 3 is 2.43 bits per heavy atom. The van der Waals surface area contributed by atoms with E-state index in [4.69, 9.17) is 5.73 Å². The van der Waals surface area contributed by atoms with Crippen LogP contribution < -0.4 is 11.1 Å². The number of nitrogens with two attached hydrogens (primary N) is 1. The van der Waals surface area contributed by atoms with Gasteiger partial charge in [0.2, 0.25) is 6.41 Å². The van der Waals surface area contributed by atoms with Gasteiger partial charge in [-0.15, -0.1) is 12.4 Å². The Labute approximate surface area is 48.7 Å². The molecule has 0 aliphatic heterocycles. The number of amides is 1. The number of nitrogens with one attached hydrogen (secondary N) is 1. The molecule has 4 heteroatoms. The first-order chi connectivity index (χ1) is 2.91. The van der Waals surface area contributed by atoms with Gasteiger partial charge in [-0.25, -0.2) is 0 Å². The van der Waals surface area contributed by atoms with E-state index in [1.807, 2.05) is 0 Å². The van der Waals surface area contributed by atoms with E-state index in [0.717, 1.165) is 0 Å². The van der Waals surface area contributed by atoms with E-state index < -0.39 is 0 Å². The minimum Gasteiger partial charge on any atom is -0.357 e. The topological polar surface area (TPSA) is 55.1 Å². The summed E-state index contributed by atoms with van der Waals surface area (Å²) in [6.07, 6.45) is 0.632. The highest BCUT2D eigenvalue weighted by Crippen LogP contribution is 1.39. The van der Waals surface area contributed by atoms with Crippen LogP contribution in [0.1, 0.15) is 0 Å². The van der Waals surface area contributed by atoms with Crippen molar-refractivity contribution in [2.45, 2.75) is 0 Å². The van der Waals surface area contributed by atoms with Crippen molar-refractivity contribution in [3.05, 3.63) is 0 Å². The van der Waals surface area contributed by atoms with Crippen molar-refractivity contribution in [1.82, 2.24) is 5.32 Å². The highest BCUT2D eigenvalue weighted by Gasteiger charge is 1.69. The number of hydrogen-bond acceptors (Lipinski definition) is 2. The maximum Gasteiger partial charge on any atom is 0.207 e.